The monoisotopic (exact) mass is 458 g/mol. The number of nitrogens with two attached hydrogens (primary N) is 1. The maximum Gasteiger partial charge on any atom is 0.235 e. The molecule has 0 saturated heterocycles. The van der Waals surface area contributed by atoms with Gasteiger partial charge in [0, 0.05) is 23.8 Å². The highest BCUT2D eigenvalue weighted by atomic mass is 19.2. The highest BCUT2D eigenvalue weighted by Crippen LogP contribution is 2.37. The maximum absolute atomic E-state index is 14.3. The second kappa shape index (κ2) is 7.14. The van der Waals surface area contributed by atoms with Crippen molar-refractivity contribution in [3.05, 3.63) is 82.2 Å². The Hall–Kier alpha value is -3.73. The number of imidazole rings is 1. The summed E-state index contributed by atoms with van der Waals surface area (Å²) in [7, 11) is 0. The third-order valence-corrected chi connectivity index (χ3v) is 5.93. The van der Waals surface area contributed by atoms with Crippen molar-refractivity contribution in [2.75, 3.05) is 0 Å². The van der Waals surface area contributed by atoms with Crippen LogP contribution in [0.15, 0.2) is 46.8 Å². The molecule has 0 fully saturated rings. The fourth-order valence-electron chi connectivity index (χ4n) is 4.17. The Labute approximate surface area is 185 Å². The molecule has 0 aliphatic carbocycles. The van der Waals surface area contributed by atoms with E-state index in [4.69, 9.17) is 5.73 Å². The summed E-state index contributed by atoms with van der Waals surface area (Å²) >= 11 is 0. The number of nitrogens with one attached hydrogen (secondary N) is 2. The molecule has 7 nitrogen and oxygen atoms in total. The van der Waals surface area contributed by atoms with Gasteiger partial charge in [0.15, 0.2) is 17.5 Å². The Morgan fingerprint density at radius 3 is 2.58 bits per heavy atom. The van der Waals surface area contributed by atoms with Gasteiger partial charge in [-0.05, 0) is 38.1 Å². The number of hydrogen-bond acceptors (Lipinski definition) is 5. The van der Waals surface area contributed by atoms with Gasteiger partial charge in [0.05, 0.1) is 10.9 Å². The van der Waals surface area contributed by atoms with Gasteiger partial charge in [-0.3, -0.25) is 9.20 Å². The van der Waals surface area contributed by atoms with Gasteiger partial charge < -0.3 is 16.4 Å². The van der Waals surface area contributed by atoms with Gasteiger partial charge in [0.1, 0.15) is 35.1 Å². The molecular weight excluding hydrogens is 440 g/mol. The van der Waals surface area contributed by atoms with E-state index < -0.39 is 46.8 Å². The summed E-state index contributed by atoms with van der Waals surface area (Å²) < 4.78 is 57.5. The second-order valence-electron chi connectivity index (χ2n) is 8.39. The Bertz CT molecular complexity index is 1410. The zero-order valence-corrected chi connectivity index (χ0v) is 17.5. The summed E-state index contributed by atoms with van der Waals surface area (Å²) in [6.45, 7) is 3.45. The van der Waals surface area contributed by atoms with Gasteiger partial charge in [-0.25, -0.2) is 27.5 Å². The number of benzene rings is 1. The molecule has 4 heterocycles. The van der Waals surface area contributed by atoms with Crippen LogP contribution in [-0.2, 0) is 11.2 Å². The lowest BCUT2D eigenvalue weighted by Gasteiger charge is -2.26. The number of halogens is 4. The Morgan fingerprint density at radius 2 is 1.82 bits per heavy atom. The summed E-state index contributed by atoms with van der Waals surface area (Å²) in [6, 6.07) is 4.13. The molecule has 3 aromatic rings. The van der Waals surface area contributed by atoms with Crippen LogP contribution in [0.2, 0.25) is 0 Å². The van der Waals surface area contributed by atoms with E-state index in [1.807, 2.05) is 0 Å². The van der Waals surface area contributed by atoms with Crippen LogP contribution in [0.1, 0.15) is 30.9 Å². The number of carbonyl (C=O) groups is 1. The third kappa shape index (κ3) is 3.18. The van der Waals surface area contributed by atoms with E-state index in [0.29, 0.717) is 23.0 Å². The van der Waals surface area contributed by atoms with Crippen molar-refractivity contribution < 1.29 is 22.4 Å². The summed E-state index contributed by atoms with van der Waals surface area (Å²) in [6.07, 6.45) is -0.203. The van der Waals surface area contributed by atoms with Crippen molar-refractivity contribution in [3.8, 4) is 0 Å². The molecule has 5 rings (SSSR count). The lowest BCUT2D eigenvalue weighted by Crippen LogP contribution is -2.40. The fraction of sp³-hybridized carbons (Fsp3) is 0.227. The molecule has 0 spiro atoms. The molecule has 0 bridgehead atoms. The third-order valence-electron chi connectivity index (χ3n) is 5.93. The maximum atomic E-state index is 14.3. The molecule has 1 aromatic carbocycles. The predicted molar refractivity (Wildman–Crippen MR) is 111 cm³/mol. The van der Waals surface area contributed by atoms with E-state index in [1.54, 1.807) is 13.8 Å². The van der Waals surface area contributed by atoms with Crippen LogP contribution in [0.4, 0.5) is 17.6 Å². The molecule has 170 valence electrons. The van der Waals surface area contributed by atoms with Gasteiger partial charge >= 0.3 is 0 Å². The number of rotatable bonds is 3. The molecule has 2 aliphatic rings. The first kappa shape index (κ1) is 21.1. The summed E-state index contributed by atoms with van der Waals surface area (Å²) in [5, 5.41) is 5.74. The van der Waals surface area contributed by atoms with E-state index >= 15 is 0 Å². The number of aromatic nitrogens is 2. The fourth-order valence-corrected chi connectivity index (χ4v) is 4.17. The van der Waals surface area contributed by atoms with Crippen LogP contribution in [0.25, 0.3) is 5.52 Å². The van der Waals surface area contributed by atoms with Gasteiger partial charge in [0.2, 0.25) is 5.91 Å². The molecule has 0 saturated carbocycles. The average molecular weight is 458 g/mol. The van der Waals surface area contributed by atoms with Crippen LogP contribution < -0.4 is 16.4 Å². The number of pyridine rings is 1. The number of nitrogens with zero attached hydrogens (tertiary/aromatic N) is 3. The molecule has 1 atom stereocenters. The highest BCUT2D eigenvalue weighted by molar-refractivity contribution is 6.06. The van der Waals surface area contributed by atoms with Crippen LogP contribution >= 0.6 is 0 Å². The normalized spacial score (nSPS) is 19.4. The second-order valence-corrected chi connectivity index (χ2v) is 8.39. The largest absolute Gasteiger partial charge is 0.325 e. The molecule has 11 heteroatoms. The minimum atomic E-state index is -1.34. The lowest BCUT2D eigenvalue weighted by molar-refractivity contribution is -0.125. The molecule has 1 amide bonds. The van der Waals surface area contributed by atoms with Gasteiger partial charge in [-0.2, -0.15) is 0 Å². The van der Waals surface area contributed by atoms with Gasteiger partial charge in [-0.1, -0.05) is 0 Å². The van der Waals surface area contributed by atoms with Crippen LogP contribution in [0.5, 0.6) is 0 Å². The molecule has 2 aliphatic heterocycles. The first-order valence-electron chi connectivity index (χ1n) is 10.0. The van der Waals surface area contributed by atoms with Crippen LogP contribution in [0.3, 0.4) is 0 Å². The predicted octanol–water partition coefficient (Wildman–Crippen LogP) is 2.48. The number of carbonyl (C=O) groups excluding carboxylic acids is 1. The van der Waals surface area contributed by atoms with E-state index in [2.05, 4.69) is 20.6 Å². The zero-order chi connectivity index (χ0) is 23.7. The molecule has 33 heavy (non-hydrogen) atoms. The summed E-state index contributed by atoms with van der Waals surface area (Å²) in [4.78, 5) is 21.2. The summed E-state index contributed by atoms with van der Waals surface area (Å²) in [5.74, 6) is -3.74. The number of fused-ring (bicyclic) bond motifs is 1. The van der Waals surface area contributed by atoms with Crippen molar-refractivity contribution in [2.45, 2.75) is 26.4 Å². The van der Waals surface area contributed by atoms with Crippen molar-refractivity contribution in [1.82, 2.24) is 20.0 Å². The van der Waals surface area contributed by atoms with Crippen molar-refractivity contribution >= 4 is 17.3 Å². The number of amides is 1. The molecular formula is C22H18F4N6O. The van der Waals surface area contributed by atoms with E-state index in [0.717, 1.165) is 12.3 Å². The number of hydrogen-bond donors (Lipinski definition) is 3. The summed E-state index contributed by atoms with van der Waals surface area (Å²) in [5.41, 5.74) is 5.99. The van der Waals surface area contributed by atoms with E-state index in [9.17, 15) is 22.4 Å². The SMILES string of the molecule is CC1(C)C(=O)NC2=C1C(N)N=C(c1nc(Cc3c(F)ccc(F)c3F)n3cc(F)ccc13)N2. The highest BCUT2D eigenvalue weighted by Gasteiger charge is 2.45. The van der Waals surface area contributed by atoms with E-state index in [-0.39, 0.29) is 23.3 Å². The van der Waals surface area contributed by atoms with E-state index in [1.165, 1.54) is 16.5 Å². The van der Waals surface area contributed by atoms with Gasteiger partial charge in [0.25, 0.3) is 0 Å². The quantitative estimate of drug-likeness (QED) is 0.415. The van der Waals surface area contributed by atoms with Crippen LogP contribution in [-0.4, -0.2) is 27.3 Å². The lowest BCUT2D eigenvalue weighted by atomic mass is 9.84. The first-order valence-corrected chi connectivity index (χ1v) is 10.0. The Morgan fingerprint density at radius 1 is 1.09 bits per heavy atom. The molecule has 4 N–H and O–H groups in total. The smallest absolute Gasteiger partial charge is 0.235 e. The van der Waals surface area contributed by atoms with Gasteiger partial charge in [-0.15, -0.1) is 0 Å². The first-order chi connectivity index (χ1) is 15.6. The van der Waals surface area contributed by atoms with Crippen molar-refractivity contribution in [1.29, 1.82) is 0 Å². The minimum Gasteiger partial charge on any atom is -0.325 e. The van der Waals surface area contributed by atoms with Crippen LogP contribution in [0, 0.1) is 28.7 Å². The zero-order valence-electron chi connectivity index (χ0n) is 17.5. The van der Waals surface area contributed by atoms with Crippen molar-refractivity contribution in [2.24, 2.45) is 16.1 Å². The van der Waals surface area contributed by atoms with Crippen molar-refractivity contribution in [3.63, 3.8) is 0 Å². The number of amidine groups is 1. The molecule has 2 aromatic heterocycles. The topological polar surface area (TPSA) is 96.8 Å². The molecule has 0 radical (unpaired) electrons. The number of aliphatic imine (C=N–C) groups is 1. The average Bonchev–Trinajstić information content (AvgIpc) is 3.22. The Balaban J connectivity index is 1.61. The molecule has 1 unspecified atom stereocenters. The standard InChI is InChI=1S/C22H18F4N6O/c1-22(2)15-18(27)29-20(30-19(15)31-21(22)33)17-13-6-3-9(23)8-32(13)14(28-17)7-10-11(24)4-5-12(25)16(10)26/h3-6,8,18H,7,27H2,1-2H3,(H,29,30)(H,31,33). The minimum absolute atomic E-state index is 0.0523. The Kier molecular flexibility index (Phi) is 4.57.